The molecule has 1 aliphatic rings. The van der Waals surface area contributed by atoms with E-state index in [9.17, 15) is 0 Å². The summed E-state index contributed by atoms with van der Waals surface area (Å²) in [5.74, 6) is 0. The molecule has 1 aliphatic heterocycles. The van der Waals surface area contributed by atoms with E-state index in [1.54, 1.807) is 0 Å². The van der Waals surface area contributed by atoms with Crippen molar-refractivity contribution in [3.05, 3.63) is 35.9 Å². The fourth-order valence-corrected chi connectivity index (χ4v) is 1.80. The van der Waals surface area contributed by atoms with E-state index in [-0.39, 0.29) is 0 Å². The van der Waals surface area contributed by atoms with Gasteiger partial charge in [0, 0.05) is 11.7 Å². The molecule has 1 heterocycles. The van der Waals surface area contributed by atoms with Gasteiger partial charge in [-0.25, -0.2) is 0 Å². The van der Waals surface area contributed by atoms with E-state index in [4.69, 9.17) is 0 Å². The molecule has 1 N–H and O–H groups in total. The minimum atomic E-state index is 0.613. The van der Waals surface area contributed by atoms with Crippen LogP contribution in [0.15, 0.2) is 24.8 Å². The predicted octanol–water partition coefficient (Wildman–Crippen LogP) is 3.08. The van der Waals surface area contributed by atoms with Gasteiger partial charge in [0.25, 0.3) is 0 Å². The van der Waals surface area contributed by atoms with Crippen LogP contribution in [0, 0.1) is 0 Å². The monoisotopic (exact) mass is 173 g/mol. The summed E-state index contributed by atoms with van der Waals surface area (Å²) < 4.78 is 0. The number of hydrogen-bond donors (Lipinski definition) is 1. The summed E-state index contributed by atoms with van der Waals surface area (Å²) in [6, 6.07) is 7.10. The van der Waals surface area contributed by atoms with Crippen LogP contribution in [0.2, 0.25) is 0 Å². The van der Waals surface area contributed by atoms with Gasteiger partial charge in [-0.05, 0) is 43.0 Å². The minimum absolute atomic E-state index is 0.613. The highest BCUT2D eigenvalue weighted by molar-refractivity contribution is 5.60. The van der Waals surface area contributed by atoms with Gasteiger partial charge < -0.3 is 5.32 Å². The van der Waals surface area contributed by atoms with Crippen molar-refractivity contribution in [2.75, 3.05) is 5.32 Å². The van der Waals surface area contributed by atoms with Gasteiger partial charge in [-0.15, -0.1) is 0 Å². The van der Waals surface area contributed by atoms with Crippen molar-refractivity contribution in [1.82, 2.24) is 0 Å². The minimum Gasteiger partial charge on any atom is -0.382 e. The largest absolute Gasteiger partial charge is 0.382 e. The van der Waals surface area contributed by atoms with Crippen LogP contribution >= 0.6 is 0 Å². The van der Waals surface area contributed by atoms with Gasteiger partial charge in [-0.3, -0.25) is 0 Å². The molecule has 1 aromatic carbocycles. The van der Waals surface area contributed by atoms with Gasteiger partial charge >= 0.3 is 0 Å². The van der Waals surface area contributed by atoms with Crippen LogP contribution < -0.4 is 5.32 Å². The Morgan fingerprint density at radius 1 is 1.54 bits per heavy atom. The van der Waals surface area contributed by atoms with Crippen LogP contribution in [0.3, 0.4) is 0 Å². The standard InChI is InChI=1S/C12H15N/c1-3-10-5-7-12-11(8-10)6-4-9(2)13-12/h3,5,7-9,13H,1,4,6H2,2H3. The van der Waals surface area contributed by atoms with Crippen molar-refractivity contribution in [3.63, 3.8) is 0 Å². The zero-order valence-corrected chi connectivity index (χ0v) is 8.01. The second-order valence-electron chi connectivity index (χ2n) is 3.70. The Morgan fingerprint density at radius 3 is 3.15 bits per heavy atom. The van der Waals surface area contributed by atoms with Gasteiger partial charge in [-0.2, -0.15) is 0 Å². The Hall–Kier alpha value is -1.24. The van der Waals surface area contributed by atoms with E-state index in [1.165, 1.54) is 29.7 Å². The molecular formula is C12H15N. The maximum Gasteiger partial charge on any atom is 0.0375 e. The normalized spacial score (nSPS) is 20.2. The second kappa shape index (κ2) is 3.25. The van der Waals surface area contributed by atoms with Crippen molar-refractivity contribution in [3.8, 4) is 0 Å². The maximum atomic E-state index is 3.77. The van der Waals surface area contributed by atoms with Crippen LogP contribution in [-0.4, -0.2) is 6.04 Å². The molecule has 2 rings (SSSR count). The quantitative estimate of drug-likeness (QED) is 0.688. The molecule has 13 heavy (non-hydrogen) atoms. The molecule has 0 aromatic heterocycles. The third-order valence-corrected chi connectivity index (χ3v) is 2.61. The molecule has 1 aromatic rings. The summed E-state index contributed by atoms with van der Waals surface area (Å²) in [7, 11) is 0. The highest BCUT2D eigenvalue weighted by atomic mass is 14.9. The Bertz CT molecular complexity index is 328. The van der Waals surface area contributed by atoms with Crippen molar-refractivity contribution in [2.45, 2.75) is 25.8 Å². The van der Waals surface area contributed by atoms with E-state index >= 15 is 0 Å². The summed E-state index contributed by atoms with van der Waals surface area (Å²) in [5, 5.41) is 3.48. The summed E-state index contributed by atoms with van der Waals surface area (Å²) in [6.45, 7) is 6.00. The summed E-state index contributed by atoms with van der Waals surface area (Å²) in [5.41, 5.74) is 3.94. The van der Waals surface area contributed by atoms with Crippen molar-refractivity contribution < 1.29 is 0 Å². The van der Waals surface area contributed by atoms with E-state index in [0.717, 1.165) is 0 Å². The lowest BCUT2D eigenvalue weighted by Gasteiger charge is -2.24. The molecule has 0 amide bonds. The first kappa shape index (κ1) is 8.36. The molecule has 0 saturated carbocycles. The number of hydrogen-bond acceptors (Lipinski definition) is 1. The number of rotatable bonds is 1. The second-order valence-corrected chi connectivity index (χ2v) is 3.70. The van der Waals surface area contributed by atoms with Crippen LogP contribution in [0.4, 0.5) is 5.69 Å². The summed E-state index contributed by atoms with van der Waals surface area (Å²) in [4.78, 5) is 0. The van der Waals surface area contributed by atoms with E-state index in [2.05, 4.69) is 37.0 Å². The molecule has 68 valence electrons. The summed E-state index contributed by atoms with van der Waals surface area (Å²) in [6.07, 6.45) is 4.32. The smallest absolute Gasteiger partial charge is 0.0375 e. The van der Waals surface area contributed by atoms with Crippen molar-refractivity contribution >= 4 is 11.8 Å². The predicted molar refractivity (Wildman–Crippen MR) is 57.9 cm³/mol. The van der Waals surface area contributed by atoms with E-state index in [1.807, 2.05) is 6.08 Å². The highest BCUT2D eigenvalue weighted by Gasteiger charge is 2.13. The van der Waals surface area contributed by atoms with Gasteiger partial charge in [0.2, 0.25) is 0 Å². The van der Waals surface area contributed by atoms with Crippen LogP contribution in [-0.2, 0) is 6.42 Å². The van der Waals surface area contributed by atoms with E-state index in [0.29, 0.717) is 6.04 Å². The number of nitrogens with one attached hydrogen (secondary N) is 1. The van der Waals surface area contributed by atoms with Crippen LogP contribution in [0.5, 0.6) is 0 Å². The zero-order valence-electron chi connectivity index (χ0n) is 8.01. The first-order valence-corrected chi connectivity index (χ1v) is 4.81. The Morgan fingerprint density at radius 2 is 2.38 bits per heavy atom. The third-order valence-electron chi connectivity index (χ3n) is 2.61. The molecule has 0 aliphatic carbocycles. The van der Waals surface area contributed by atoms with Crippen LogP contribution in [0.25, 0.3) is 6.08 Å². The highest BCUT2D eigenvalue weighted by Crippen LogP contribution is 2.25. The third kappa shape index (κ3) is 1.59. The summed E-state index contributed by atoms with van der Waals surface area (Å²) >= 11 is 0. The lowest BCUT2D eigenvalue weighted by molar-refractivity contribution is 0.681. The van der Waals surface area contributed by atoms with Gasteiger partial charge in [0.15, 0.2) is 0 Å². The number of fused-ring (bicyclic) bond motifs is 1. The Kier molecular flexibility index (Phi) is 2.09. The molecule has 0 saturated heterocycles. The lowest BCUT2D eigenvalue weighted by Crippen LogP contribution is -2.21. The fraction of sp³-hybridized carbons (Fsp3) is 0.333. The Balaban J connectivity index is 2.36. The van der Waals surface area contributed by atoms with Gasteiger partial charge in [0.1, 0.15) is 0 Å². The molecule has 1 nitrogen and oxygen atoms in total. The molecule has 0 spiro atoms. The van der Waals surface area contributed by atoms with Gasteiger partial charge in [-0.1, -0.05) is 18.7 Å². The molecule has 0 bridgehead atoms. The fourth-order valence-electron chi connectivity index (χ4n) is 1.80. The average molecular weight is 173 g/mol. The lowest BCUT2D eigenvalue weighted by atomic mass is 9.97. The first-order chi connectivity index (χ1) is 6.29. The average Bonchev–Trinajstić information content (AvgIpc) is 2.17. The van der Waals surface area contributed by atoms with Crippen LogP contribution in [0.1, 0.15) is 24.5 Å². The number of benzene rings is 1. The molecule has 0 radical (unpaired) electrons. The number of anilines is 1. The van der Waals surface area contributed by atoms with Gasteiger partial charge in [0.05, 0.1) is 0 Å². The first-order valence-electron chi connectivity index (χ1n) is 4.81. The van der Waals surface area contributed by atoms with Crippen molar-refractivity contribution in [2.24, 2.45) is 0 Å². The van der Waals surface area contributed by atoms with Crippen molar-refractivity contribution in [1.29, 1.82) is 0 Å². The molecule has 1 atom stereocenters. The van der Waals surface area contributed by atoms with E-state index < -0.39 is 0 Å². The SMILES string of the molecule is C=Cc1ccc2c(c1)CCC(C)N2. The topological polar surface area (TPSA) is 12.0 Å². The molecule has 0 fully saturated rings. The molecule has 1 unspecified atom stereocenters. The maximum absolute atomic E-state index is 3.77. The molecule has 1 heteroatoms. The Labute approximate surface area is 79.5 Å². The number of aryl methyl sites for hydroxylation is 1. The zero-order chi connectivity index (χ0) is 9.26. The molecular weight excluding hydrogens is 158 g/mol.